The van der Waals surface area contributed by atoms with Gasteiger partial charge in [0.25, 0.3) is 0 Å². The average Bonchev–Trinajstić information content (AvgIpc) is 2.78. The van der Waals surface area contributed by atoms with E-state index >= 15 is 0 Å². The Bertz CT molecular complexity index is 490. The summed E-state index contributed by atoms with van der Waals surface area (Å²) in [6, 6.07) is 8.05. The number of carbonyl (C=O) groups excluding carboxylic acids is 1. The minimum atomic E-state index is -0.836. The molecule has 1 saturated heterocycles. The Hall–Kier alpha value is -1.20. The second-order valence-electron chi connectivity index (χ2n) is 4.66. The van der Waals surface area contributed by atoms with Crippen LogP contribution in [-0.2, 0) is 15.6 Å². The van der Waals surface area contributed by atoms with E-state index in [4.69, 9.17) is 0 Å². The van der Waals surface area contributed by atoms with Crippen molar-refractivity contribution in [2.45, 2.75) is 20.0 Å². The highest BCUT2D eigenvalue weighted by atomic mass is 32.2. The molecule has 1 N–H and O–H groups in total. The summed E-state index contributed by atoms with van der Waals surface area (Å²) in [5.41, 5.74) is 2.28. The van der Waals surface area contributed by atoms with Gasteiger partial charge in [-0.25, -0.2) is 0 Å². The van der Waals surface area contributed by atoms with Crippen molar-refractivity contribution in [1.29, 1.82) is 0 Å². The lowest BCUT2D eigenvalue weighted by atomic mass is 10.1. The van der Waals surface area contributed by atoms with E-state index in [1.54, 1.807) is 4.90 Å². The Kier molecular flexibility index (Phi) is 4.71. The Morgan fingerprint density at radius 2 is 2.16 bits per heavy atom. The average molecular weight is 280 g/mol. The summed E-state index contributed by atoms with van der Waals surface area (Å²) in [4.78, 5) is 13.7. The van der Waals surface area contributed by atoms with Gasteiger partial charge in [0.15, 0.2) is 0 Å². The highest BCUT2D eigenvalue weighted by Gasteiger charge is 2.31. The summed E-state index contributed by atoms with van der Waals surface area (Å²) in [7, 11) is -0.836. The van der Waals surface area contributed by atoms with Crippen molar-refractivity contribution >= 4 is 16.7 Å². The van der Waals surface area contributed by atoms with Gasteiger partial charge in [-0.15, -0.1) is 0 Å². The molecule has 1 aliphatic heterocycles. The molecular formula is C14H20N2O2S. The molecule has 2 rings (SSSR count). The Labute approximate surface area is 116 Å². The second-order valence-corrected chi connectivity index (χ2v) is 6.53. The molecule has 1 amide bonds. The molecule has 1 aromatic carbocycles. The van der Waals surface area contributed by atoms with Gasteiger partial charge in [-0.3, -0.25) is 14.3 Å². The molecule has 1 aromatic rings. The molecule has 0 radical (unpaired) electrons. The number of hydrogen-bond donors (Lipinski definition) is 1. The molecular weight excluding hydrogens is 260 g/mol. The predicted molar refractivity (Wildman–Crippen MR) is 77.2 cm³/mol. The van der Waals surface area contributed by atoms with Gasteiger partial charge in [0.05, 0.1) is 6.54 Å². The molecule has 19 heavy (non-hydrogen) atoms. The van der Waals surface area contributed by atoms with Crippen molar-refractivity contribution in [3.8, 4) is 0 Å². The zero-order valence-electron chi connectivity index (χ0n) is 11.4. The SMILES string of the molecule is CCS(=O)CCN1C(=O)CNC1c1ccccc1C. The van der Waals surface area contributed by atoms with Crippen LogP contribution >= 0.6 is 0 Å². The minimum absolute atomic E-state index is 0.0810. The van der Waals surface area contributed by atoms with Crippen molar-refractivity contribution in [2.24, 2.45) is 0 Å². The standard InChI is InChI=1S/C14H20N2O2S/c1-3-19(18)9-8-16-13(17)10-15-14(16)12-7-5-4-6-11(12)2/h4-7,14-15H,3,8-10H2,1-2H3. The van der Waals surface area contributed by atoms with E-state index < -0.39 is 10.8 Å². The zero-order chi connectivity index (χ0) is 13.8. The lowest BCUT2D eigenvalue weighted by Gasteiger charge is -2.25. The van der Waals surface area contributed by atoms with E-state index in [-0.39, 0.29) is 12.1 Å². The summed E-state index contributed by atoms with van der Waals surface area (Å²) in [5, 5.41) is 3.23. The van der Waals surface area contributed by atoms with Crippen molar-refractivity contribution in [3.63, 3.8) is 0 Å². The molecule has 0 saturated carbocycles. The van der Waals surface area contributed by atoms with Crippen molar-refractivity contribution in [2.75, 3.05) is 24.6 Å². The first-order valence-electron chi connectivity index (χ1n) is 6.57. The third-order valence-electron chi connectivity index (χ3n) is 3.44. The van der Waals surface area contributed by atoms with Crippen LogP contribution in [0.15, 0.2) is 24.3 Å². The molecule has 1 aliphatic rings. The van der Waals surface area contributed by atoms with E-state index in [9.17, 15) is 9.00 Å². The lowest BCUT2D eigenvalue weighted by Crippen LogP contribution is -2.34. The van der Waals surface area contributed by atoms with Crippen LogP contribution in [0.1, 0.15) is 24.2 Å². The molecule has 5 heteroatoms. The number of aryl methyl sites for hydroxylation is 1. The van der Waals surface area contributed by atoms with Crippen LogP contribution in [0, 0.1) is 6.92 Å². The fourth-order valence-electron chi connectivity index (χ4n) is 2.31. The van der Waals surface area contributed by atoms with Crippen molar-refractivity contribution in [3.05, 3.63) is 35.4 Å². The first-order valence-corrected chi connectivity index (χ1v) is 8.05. The summed E-state index contributed by atoms with van der Waals surface area (Å²) < 4.78 is 11.5. The van der Waals surface area contributed by atoms with Gasteiger partial charge >= 0.3 is 0 Å². The van der Waals surface area contributed by atoms with Gasteiger partial charge in [-0.2, -0.15) is 0 Å². The first kappa shape index (κ1) is 14.2. The maximum atomic E-state index is 11.9. The van der Waals surface area contributed by atoms with Crippen molar-refractivity contribution in [1.82, 2.24) is 10.2 Å². The highest BCUT2D eigenvalue weighted by Crippen LogP contribution is 2.24. The van der Waals surface area contributed by atoms with Gasteiger partial charge in [0.1, 0.15) is 6.17 Å². The monoisotopic (exact) mass is 280 g/mol. The molecule has 4 nitrogen and oxygen atoms in total. The molecule has 0 aromatic heterocycles. The van der Waals surface area contributed by atoms with Crippen LogP contribution in [0.5, 0.6) is 0 Å². The fourth-order valence-corrected chi connectivity index (χ4v) is 3.00. The Morgan fingerprint density at radius 1 is 1.42 bits per heavy atom. The third-order valence-corrected chi connectivity index (χ3v) is 4.73. The van der Waals surface area contributed by atoms with Gasteiger partial charge in [0, 0.05) is 28.9 Å². The van der Waals surface area contributed by atoms with Crippen LogP contribution in [0.25, 0.3) is 0 Å². The van der Waals surface area contributed by atoms with Gasteiger partial charge in [-0.1, -0.05) is 31.2 Å². The van der Waals surface area contributed by atoms with Crippen LogP contribution in [0.3, 0.4) is 0 Å². The second kappa shape index (κ2) is 6.30. The van der Waals surface area contributed by atoms with Crippen LogP contribution in [0.2, 0.25) is 0 Å². The molecule has 2 atom stereocenters. The molecule has 1 fully saturated rings. The number of benzene rings is 1. The first-order chi connectivity index (χ1) is 9.13. The quantitative estimate of drug-likeness (QED) is 0.881. The number of carbonyl (C=O) groups is 1. The third kappa shape index (κ3) is 3.22. The molecule has 1 heterocycles. The van der Waals surface area contributed by atoms with Crippen LogP contribution < -0.4 is 5.32 Å². The largest absolute Gasteiger partial charge is 0.321 e. The molecule has 0 aliphatic carbocycles. The minimum Gasteiger partial charge on any atom is -0.321 e. The van der Waals surface area contributed by atoms with Gasteiger partial charge in [-0.05, 0) is 18.1 Å². The predicted octanol–water partition coefficient (Wildman–Crippen LogP) is 1.19. The Morgan fingerprint density at radius 3 is 2.84 bits per heavy atom. The molecule has 0 bridgehead atoms. The maximum absolute atomic E-state index is 11.9. The van der Waals surface area contributed by atoms with Gasteiger partial charge < -0.3 is 4.90 Å². The highest BCUT2D eigenvalue weighted by molar-refractivity contribution is 7.84. The summed E-state index contributed by atoms with van der Waals surface area (Å²) in [5.74, 6) is 1.28. The number of rotatable bonds is 5. The lowest BCUT2D eigenvalue weighted by molar-refractivity contribution is -0.127. The van der Waals surface area contributed by atoms with E-state index in [0.717, 1.165) is 11.1 Å². The van der Waals surface area contributed by atoms with Gasteiger partial charge in [0.2, 0.25) is 5.91 Å². The van der Waals surface area contributed by atoms with E-state index in [1.165, 1.54) is 0 Å². The summed E-state index contributed by atoms with van der Waals surface area (Å²) >= 11 is 0. The number of nitrogens with one attached hydrogen (secondary N) is 1. The molecule has 0 spiro atoms. The number of hydrogen-bond acceptors (Lipinski definition) is 3. The van der Waals surface area contributed by atoms with Crippen LogP contribution in [-0.4, -0.2) is 39.6 Å². The zero-order valence-corrected chi connectivity index (χ0v) is 12.2. The topological polar surface area (TPSA) is 49.4 Å². The number of amides is 1. The molecule has 2 unspecified atom stereocenters. The number of nitrogens with zero attached hydrogens (tertiary/aromatic N) is 1. The van der Waals surface area contributed by atoms with E-state index in [1.807, 2.05) is 38.1 Å². The normalized spacial score (nSPS) is 20.8. The van der Waals surface area contributed by atoms with Crippen LogP contribution in [0.4, 0.5) is 0 Å². The summed E-state index contributed by atoms with van der Waals surface area (Å²) in [6.07, 6.45) is -0.0810. The smallest absolute Gasteiger partial charge is 0.238 e. The fraction of sp³-hybridized carbons (Fsp3) is 0.500. The summed E-state index contributed by atoms with van der Waals surface area (Å²) in [6.45, 7) is 4.85. The maximum Gasteiger partial charge on any atom is 0.238 e. The molecule has 104 valence electrons. The van der Waals surface area contributed by atoms with E-state index in [0.29, 0.717) is 24.6 Å². The van der Waals surface area contributed by atoms with Crippen molar-refractivity contribution < 1.29 is 9.00 Å². The Balaban J connectivity index is 2.13. The van der Waals surface area contributed by atoms with E-state index in [2.05, 4.69) is 5.32 Å².